The van der Waals surface area contributed by atoms with E-state index in [-0.39, 0.29) is 6.04 Å². The summed E-state index contributed by atoms with van der Waals surface area (Å²) in [5.41, 5.74) is 3.13. The molecule has 2 N–H and O–H groups in total. The second-order valence-corrected chi connectivity index (χ2v) is 7.20. The average Bonchev–Trinajstić information content (AvgIpc) is 2.66. The molecule has 0 saturated carbocycles. The predicted molar refractivity (Wildman–Crippen MR) is 112 cm³/mol. The summed E-state index contributed by atoms with van der Waals surface area (Å²) in [6, 6.07) is 16.3. The van der Waals surface area contributed by atoms with Crippen molar-refractivity contribution < 1.29 is 4.74 Å². The summed E-state index contributed by atoms with van der Waals surface area (Å²) in [6.07, 6.45) is 0. The molecule has 0 radical (unpaired) electrons. The molecule has 1 heterocycles. The van der Waals surface area contributed by atoms with Crippen molar-refractivity contribution in [3.8, 4) is 0 Å². The zero-order valence-electron chi connectivity index (χ0n) is 14.9. The number of hydrogen-bond acceptors (Lipinski definition) is 3. The molecule has 26 heavy (non-hydrogen) atoms. The molecule has 0 amide bonds. The fraction of sp³-hybridized carbons (Fsp3) is 0.350. The molecule has 1 fully saturated rings. The Morgan fingerprint density at radius 3 is 2.62 bits per heavy atom. The molecule has 1 aliphatic rings. The normalized spacial score (nSPS) is 16.1. The first-order valence-corrected chi connectivity index (χ1v) is 9.60. The molecular formula is C20H24ClN3OS. The molecule has 0 aliphatic carbocycles. The summed E-state index contributed by atoms with van der Waals surface area (Å²) in [7, 11) is 0. The lowest BCUT2D eigenvalue weighted by Gasteiger charge is -2.31. The van der Waals surface area contributed by atoms with Crippen molar-refractivity contribution in [2.75, 3.05) is 38.2 Å². The number of thiocarbonyl (C=S) groups is 1. The van der Waals surface area contributed by atoms with Crippen LogP contribution in [0, 0.1) is 6.92 Å². The highest BCUT2D eigenvalue weighted by atomic mass is 35.5. The second kappa shape index (κ2) is 9.33. The van der Waals surface area contributed by atoms with Gasteiger partial charge in [0, 0.05) is 30.3 Å². The molecule has 1 aliphatic heterocycles. The van der Waals surface area contributed by atoms with Gasteiger partial charge in [0.25, 0.3) is 0 Å². The number of morpholine rings is 1. The third kappa shape index (κ3) is 5.17. The number of anilines is 1. The van der Waals surface area contributed by atoms with E-state index < -0.39 is 0 Å². The Labute approximate surface area is 165 Å². The average molecular weight is 390 g/mol. The molecule has 2 aromatic rings. The van der Waals surface area contributed by atoms with Gasteiger partial charge < -0.3 is 15.4 Å². The maximum atomic E-state index is 6.21. The Morgan fingerprint density at radius 2 is 1.88 bits per heavy atom. The number of ether oxygens (including phenoxy) is 1. The van der Waals surface area contributed by atoms with Gasteiger partial charge >= 0.3 is 0 Å². The van der Waals surface area contributed by atoms with Crippen LogP contribution in [0.1, 0.15) is 17.2 Å². The first-order valence-electron chi connectivity index (χ1n) is 8.81. The van der Waals surface area contributed by atoms with Gasteiger partial charge in [0.15, 0.2) is 5.11 Å². The minimum atomic E-state index is 0.105. The number of halogens is 1. The van der Waals surface area contributed by atoms with Gasteiger partial charge in [-0.25, -0.2) is 0 Å². The molecule has 0 bridgehead atoms. The van der Waals surface area contributed by atoms with Crippen LogP contribution in [0.3, 0.4) is 0 Å². The van der Waals surface area contributed by atoms with Crippen molar-refractivity contribution >= 4 is 34.6 Å². The summed E-state index contributed by atoms with van der Waals surface area (Å²) in [5.74, 6) is 0. The van der Waals surface area contributed by atoms with E-state index in [4.69, 9.17) is 28.6 Å². The standard InChI is InChI=1S/C20H24ClN3OS/c1-15-17(21)8-5-9-18(15)22-20(26)23-19(16-6-3-2-4-7-16)14-24-10-12-25-13-11-24/h2-9,19H,10-14H2,1H3,(H2,22,23,26)/t19-/m1/s1. The van der Waals surface area contributed by atoms with Crippen LogP contribution in [0.4, 0.5) is 5.69 Å². The smallest absolute Gasteiger partial charge is 0.171 e. The van der Waals surface area contributed by atoms with E-state index >= 15 is 0 Å². The van der Waals surface area contributed by atoms with E-state index in [9.17, 15) is 0 Å². The molecule has 0 unspecified atom stereocenters. The molecule has 4 nitrogen and oxygen atoms in total. The van der Waals surface area contributed by atoms with Crippen LogP contribution < -0.4 is 10.6 Å². The topological polar surface area (TPSA) is 36.5 Å². The third-order valence-electron chi connectivity index (χ3n) is 4.57. The van der Waals surface area contributed by atoms with Gasteiger partial charge in [-0.2, -0.15) is 0 Å². The number of rotatable bonds is 5. The summed E-state index contributed by atoms with van der Waals surface area (Å²) in [5, 5.41) is 8.07. The number of nitrogens with zero attached hydrogens (tertiary/aromatic N) is 1. The van der Waals surface area contributed by atoms with Gasteiger partial charge in [0.2, 0.25) is 0 Å². The van der Waals surface area contributed by atoms with Crippen LogP contribution in [0.5, 0.6) is 0 Å². The van der Waals surface area contributed by atoms with E-state index in [0.717, 1.165) is 49.1 Å². The third-order valence-corrected chi connectivity index (χ3v) is 5.20. The maximum absolute atomic E-state index is 6.21. The van der Waals surface area contributed by atoms with Crippen LogP contribution >= 0.6 is 23.8 Å². The largest absolute Gasteiger partial charge is 0.379 e. The SMILES string of the molecule is Cc1c(Cl)cccc1NC(=S)N[C@H](CN1CCOCC1)c1ccccc1. The molecule has 1 atom stereocenters. The zero-order chi connectivity index (χ0) is 18.4. The van der Waals surface area contributed by atoms with Crippen molar-refractivity contribution in [2.45, 2.75) is 13.0 Å². The zero-order valence-corrected chi connectivity index (χ0v) is 16.4. The first-order chi connectivity index (χ1) is 12.6. The molecule has 2 aromatic carbocycles. The van der Waals surface area contributed by atoms with Gasteiger partial charge in [-0.1, -0.05) is 48.0 Å². The van der Waals surface area contributed by atoms with Crippen LogP contribution in [0.2, 0.25) is 5.02 Å². The van der Waals surface area contributed by atoms with Crippen molar-refractivity contribution in [2.24, 2.45) is 0 Å². The lowest BCUT2D eigenvalue weighted by atomic mass is 10.1. The first kappa shape index (κ1) is 19.1. The highest BCUT2D eigenvalue weighted by Gasteiger charge is 2.19. The minimum Gasteiger partial charge on any atom is -0.379 e. The van der Waals surface area contributed by atoms with Crippen molar-refractivity contribution in [3.05, 3.63) is 64.7 Å². The Kier molecular flexibility index (Phi) is 6.86. The lowest BCUT2D eigenvalue weighted by molar-refractivity contribution is 0.0344. The van der Waals surface area contributed by atoms with Crippen molar-refractivity contribution in [1.29, 1.82) is 0 Å². The Morgan fingerprint density at radius 1 is 1.15 bits per heavy atom. The summed E-state index contributed by atoms with van der Waals surface area (Å²) in [6.45, 7) is 6.31. The maximum Gasteiger partial charge on any atom is 0.171 e. The molecule has 0 aromatic heterocycles. The fourth-order valence-electron chi connectivity index (χ4n) is 3.02. The molecule has 1 saturated heterocycles. The van der Waals surface area contributed by atoms with Crippen LogP contribution in [0.25, 0.3) is 0 Å². The molecular weight excluding hydrogens is 366 g/mol. The summed E-state index contributed by atoms with van der Waals surface area (Å²) < 4.78 is 5.46. The predicted octanol–water partition coefficient (Wildman–Crippen LogP) is 4.01. The van der Waals surface area contributed by atoms with E-state index in [0.29, 0.717) is 5.11 Å². The van der Waals surface area contributed by atoms with Gasteiger partial charge in [-0.3, -0.25) is 4.90 Å². The number of benzene rings is 2. The highest BCUT2D eigenvalue weighted by molar-refractivity contribution is 7.80. The molecule has 138 valence electrons. The number of nitrogens with one attached hydrogen (secondary N) is 2. The van der Waals surface area contributed by atoms with E-state index in [1.54, 1.807) is 0 Å². The summed E-state index contributed by atoms with van der Waals surface area (Å²) >= 11 is 11.8. The quantitative estimate of drug-likeness (QED) is 0.755. The van der Waals surface area contributed by atoms with Crippen LogP contribution in [-0.2, 0) is 4.74 Å². The highest BCUT2D eigenvalue weighted by Crippen LogP contribution is 2.23. The Bertz CT molecular complexity index is 735. The van der Waals surface area contributed by atoms with E-state index in [2.05, 4.69) is 39.8 Å². The lowest BCUT2D eigenvalue weighted by Crippen LogP contribution is -2.44. The van der Waals surface area contributed by atoms with Gasteiger partial charge in [0.05, 0.1) is 19.3 Å². The van der Waals surface area contributed by atoms with Crippen molar-refractivity contribution in [1.82, 2.24) is 10.2 Å². The minimum absolute atomic E-state index is 0.105. The second-order valence-electron chi connectivity index (χ2n) is 6.39. The van der Waals surface area contributed by atoms with Gasteiger partial charge in [-0.15, -0.1) is 0 Å². The van der Waals surface area contributed by atoms with Crippen LogP contribution in [-0.4, -0.2) is 42.9 Å². The number of hydrogen-bond donors (Lipinski definition) is 2. The van der Waals surface area contributed by atoms with E-state index in [1.165, 1.54) is 5.56 Å². The van der Waals surface area contributed by atoms with Crippen molar-refractivity contribution in [3.63, 3.8) is 0 Å². The Hall–Kier alpha value is -1.66. The molecule has 0 spiro atoms. The monoisotopic (exact) mass is 389 g/mol. The molecule has 6 heteroatoms. The summed E-state index contributed by atoms with van der Waals surface area (Å²) in [4.78, 5) is 2.40. The van der Waals surface area contributed by atoms with Gasteiger partial charge in [0.1, 0.15) is 0 Å². The van der Waals surface area contributed by atoms with E-state index in [1.807, 2.05) is 31.2 Å². The fourth-order valence-corrected chi connectivity index (χ4v) is 3.45. The molecule has 3 rings (SSSR count). The van der Waals surface area contributed by atoms with Gasteiger partial charge in [-0.05, 0) is 42.4 Å². The van der Waals surface area contributed by atoms with Crippen LogP contribution in [0.15, 0.2) is 48.5 Å². The Balaban J connectivity index is 1.70.